The average molecular weight is 473 g/mol. The van der Waals surface area contributed by atoms with Crippen LogP contribution in [-0.4, -0.2) is 0 Å². The summed E-state index contributed by atoms with van der Waals surface area (Å²) in [7, 11) is 0. The van der Waals surface area contributed by atoms with Gasteiger partial charge in [-0.05, 0) is 0 Å². The molecule has 0 amide bonds. The summed E-state index contributed by atoms with van der Waals surface area (Å²) in [6.45, 7) is 15.2. The quantitative estimate of drug-likeness (QED) is 0.226. The Morgan fingerprint density at radius 2 is 0.733 bits per heavy atom. The van der Waals surface area contributed by atoms with Gasteiger partial charge in [-0.3, -0.25) is 0 Å². The molecule has 0 heterocycles. The summed E-state index contributed by atoms with van der Waals surface area (Å²) in [5.41, 5.74) is 3.22. The fourth-order valence-electron chi connectivity index (χ4n) is 1.75. The van der Waals surface area contributed by atoms with E-state index in [1.165, 1.54) is 0 Å². The standard InChI is InChI=1S/3C7H7.C5H5.C3H7.Zr/c3*1-7-5-3-2-4-6-7;1-2-4-5-3-1;1-3-2;/h3*2-6H,1H2;1-5H;3H,1-2H3;/q5*-1;. The molecule has 0 fully saturated rings. The molecular weight excluding hydrogens is 440 g/mol. The number of hydrogen-bond donors (Lipinski definition) is 0. The molecule has 158 valence electrons. The van der Waals surface area contributed by atoms with Gasteiger partial charge in [0.25, 0.3) is 0 Å². The van der Waals surface area contributed by atoms with Crippen molar-refractivity contribution < 1.29 is 26.2 Å². The molecule has 4 aromatic carbocycles. The van der Waals surface area contributed by atoms with E-state index in [0.29, 0.717) is 0 Å². The van der Waals surface area contributed by atoms with Crippen molar-refractivity contribution in [3.63, 3.8) is 0 Å². The first kappa shape index (κ1) is 29.7. The molecule has 0 spiro atoms. The molecule has 0 aliphatic heterocycles. The van der Waals surface area contributed by atoms with Crippen molar-refractivity contribution >= 4 is 0 Å². The molecule has 0 N–H and O–H groups in total. The van der Waals surface area contributed by atoms with Crippen LogP contribution in [0, 0.1) is 27.2 Å². The summed E-state index contributed by atoms with van der Waals surface area (Å²) in [6.07, 6.45) is 2.00. The van der Waals surface area contributed by atoms with Crippen molar-refractivity contribution in [1.82, 2.24) is 0 Å². The molecule has 0 aliphatic rings. The Labute approximate surface area is 204 Å². The third-order valence-corrected chi connectivity index (χ3v) is 3.08. The Bertz CT molecular complexity index is 654. The largest absolute Gasteiger partial charge is 0.335 e. The van der Waals surface area contributed by atoms with Crippen LogP contribution in [0.3, 0.4) is 0 Å². The van der Waals surface area contributed by atoms with Crippen LogP contribution in [0.25, 0.3) is 0 Å². The fraction of sp³-hybridized carbons (Fsp3) is 0.0690. The molecule has 4 rings (SSSR count). The number of hydrogen-bond acceptors (Lipinski definition) is 0. The Balaban J connectivity index is 0. The molecule has 0 saturated heterocycles. The zero-order chi connectivity index (χ0) is 21.6. The molecule has 0 nitrogen and oxygen atoms in total. The van der Waals surface area contributed by atoms with Gasteiger partial charge in [0, 0.05) is 26.2 Å². The molecule has 0 radical (unpaired) electrons. The van der Waals surface area contributed by atoms with E-state index in [2.05, 4.69) is 20.8 Å². The van der Waals surface area contributed by atoms with Crippen LogP contribution in [0.15, 0.2) is 121 Å². The monoisotopic (exact) mass is 471 g/mol. The zero-order valence-corrected chi connectivity index (χ0v) is 20.7. The summed E-state index contributed by atoms with van der Waals surface area (Å²) < 4.78 is 0. The minimum atomic E-state index is 0. The molecule has 0 unspecified atom stereocenters. The summed E-state index contributed by atoms with van der Waals surface area (Å²) in [5.74, 6) is 0. The normalized spacial score (nSPS) is 7.93. The van der Waals surface area contributed by atoms with Gasteiger partial charge in [0.1, 0.15) is 0 Å². The molecule has 1 heteroatoms. The van der Waals surface area contributed by atoms with Crippen molar-refractivity contribution in [2.45, 2.75) is 13.8 Å². The topological polar surface area (TPSA) is 0 Å². The van der Waals surface area contributed by atoms with Crippen molar-refractivity contribution in [3.8, 4) is 0 Å². The van der Waals surface area contributed by atoms with Crippen LogP contribution in [-0.2, 0) is 26.2 Å². The first-order valence-corrected chi connectivity index (χ1v) is 9.61. The molecule has 0 saturated carbocycles. The second-order valence-electron chi connectivity index (χ2n) is 6.00. The van der Waals surface area contributed by atoms with Crippen LogP contribution in [0.4, 0.5) is 0 Å². The van der Waals surface area contributed by atoms with Gasteiger partial charge in [0.15, 0.2) is 0 Å². The van der Waals surface area contributed by atoms with E-state index in [9.17, 15) is 0 Å². The van der Waals surface area contributed by atoms with Crippen LogP contribution in [0.2, 0.25) is 0 Å². The van der Waals surface area contributed by atoms with Gasteiger partial charge in [-0.1, -0.05) is 18.2 Å². The van der Waals surface area contributed by atoms with Crippen LogP contribution in [0.1, 0.15) is 30.5 Å². The molecule has 0 atom stereocenters. The van der Waals surface area contributed by atoms with Gasteiger partial charge in [-0.25, -0.2) is 12.1 Å². The maximum atomic E-state index is 3.72. The molecule has 30 heavy (non-hydrogen) atoms. The van der Waals surface area contributed by atoms with Gasteiger partial charge < -0.3 is 6.42 Å². The van der Waals surface area contributed by atoms with Crippen molar-refractivity contribution in [3.05, 3.63) is 165 Å². The van der Waals surface area contributed by atoms with E-state index in [-0.39, 0.29) is 26.2 Å². The Kier molecular flexibility index (Phi) is 22.6. The van der Waals surface area contributed by atoms with E-state index >= 15 is 0 Å². The van der Waals surface area contributed by atoms with Gasteiger partial charge in [-0.15, -0.1) is 36.4 Å². The molecule has 0 bridgehead atoms. The van der Waals surface area contributed by atoms with Crippen molar-refractivity contribution in [1.29, 1.82) is 0 Å². The van der Waals surface area contributed by atoms with Gasteiger partial charge in [0.2, 0.25) is 0 Å². The van der Waals surface area contributed by atoms with Crippen LogP contribution in [0.5, 0.6) is 0 Å². The van der Waals surface area contributed by atoms with E-state index in [1.54, 1.807) is 0 Å². The second kappa shape index (κ2) is 22.8. The minimum absolute atomic E-state index is 0. The van der Waals surface area contributed by atoms with Gasteiger partial charge in [0.05, 0.1) is 0 Å². The Morgan fingerprint density at radius 1 is 0.500 bits per heavy atom. The number of rotatable bonds is 0. The summed E-state index contributed by atoms with van der Waals surface area (Å²) >= 11 is 0. The average Bonchev–Trinajstić information content (AvgIpc) is 3.32. The summed E-state index contributed by atoms with van der Waals surface area (Å²) in [5, 5.41) is 0. The van der Waals surface area contributed by atoms with Gasteiger partial charge in [-0.2, -0.15) is 106 Å². The number of benzene rings is 3. The molecule has 0 aliphatic carbocycles. The van der Waals surface area contributed by atoms with E-state index in [0.717, 1.165) is 16.7 Å². The smallest absolute Gasteiger partial charge is 0 e. The molecule has 0 aromatic heterocycles. The Morgan fingerprint density at radius 3 is 0.833 bits per heavy atom. The second-order valence-corrected chi connectivity index (χ2v) is 6.00. The van der Waals surface area contributed by atoms with Crippen LogP contribution < -0.4 is 0 Å². The van der Waals surface area contributed by atoms with Crippen molar-refractivity contribution in [2.24, 2.45) is 0 Å². The van der Waals surface area contributed by atoms with Crippen LogP contribution >= 0.6 is 0 Å². The molecular formula is C29H33Zr-5. The third kappa shape index (κ3) is 21.8. The minimum Gasteiger partial charge on any atom is -0.335 e. The van der Waals surface area contributed by atoms with E-state index in [4.69, 9.17) is 0 Å². The van der Waals surface area contributed by atoms with E-state index in [1.807, 2.05) is 142 Å². The predicted molar refractivity (Wildman–Crippen MR) is 130 cm³/mol. The van der Waals surface area contributed by atoms with Gasteiger partial charge >= 0.3 is 0 Å². The maximum absolute atomic E-state index is 3.72. The molecule has 4 aromatic rings. The summed E-state index contributed by atoms with van der Waals surface area (Å²) in [6, 6.07) is 39.6. The summed E-state index contributed by atoms with van der Waals surface area (Å²) in [4.78, 5) is 0. The predicted octanol–water partition coefficient (Wildman–Crippen LogP) is 8.24. The fourth-order valence-corrected chi connectivity index (χ4v) is 1.75. The Hall–Kier alpha value is -2.50. The first-order valence-electron chi connectivity index (χ1n) is 9.61. The maximum Gasteiger partial charge on any atom is 0 e. The zero-order valence-electron chi connectivity index (χ0n) is 18.2. The van der Waals surface area contributed by atoms with E-state index < -0.39 is 0 Å². The van der Waals surface area contributed by atoms with Crippen molar-refractivity contribution in [2.75, 3.05) is 0 Å². The third-order valence-electron chi connectivity index (χ3n) is 3.08. The SMILES string of the molecule is C[CH-]C.[CH2-]c1ccccc1.[CH2-]c1ccccc1.[CH2-]c1ccccc1.[Zr].c1cc[cH-]c1. The first-order chi connectivity index (χ1) is 14.1.